The lowest BCUT2D eigenvalue weighted by Gasteiger charge is -2.26. The molecular formula is C29H31N5O3. The van der Waals surface area contributed by atoms with Crippen LogP contribution in [0.15, 0.2) is 73.3 Å². The Labute approximate surface area is 216 Å². The Bertz CT molecular complexity index is 1370. The van der Waals surface area contributed by atoms with Gasteiger partial charge in [0.1, 0.15) is 0 Å². The number of methoxy groups -OCH3 is 1. The number of hydrogen-bond acceptors (Lipinski definition) is 6. The zero-order valence-electron chi connectivity index (χ0n) is 21.0. The number of nitrogens with zero attached hydrogens (tertiary/aromatic N) is 4. The van der Waals surface area contributed by atoms with Crippen molar-refractivity contribution >= 4 is 28.7 Å². The van der Waals surface area contributed by atoms with Gasteiger partial charge in [0, 0.05) is 63.0 Å². The highest BCUT2D eigenvalue weighted by Gasteiger charge is 2.11. The topological polar surface area (TPSA) is 81.5 Å². The number of hydrogen-bond donors (Lipinski definition) is 1. The Morgan fingerprint density at radius 1 is 1.14 bits per heavy atom. The van der Waals surface area contributed by atoms with E-state index in [1.165, 1.54) is 5.56 Å². The molecule has 2 aromatic carbocycles. The summed E-state index contributed by atoms with van der Waals surface area (Å²) in [7, 11) is 1.69. The second-order valence-electron chi connectivity index (χ2n) is 9.01. The van der Waals surface area contributed by atoms with E-state index in [4.69, 9.17) is 9.47 Å². The van der Waals surface area contributed by atoms with Crippen LogP contribution < -0.4 is 5.32 Å². The van der Waals surface area contributed by atoms with E-state index >= 15 is 0 Å². The van der Waals surface area contributed by atoms with Crippen molar-refractivity contribution in [1.29, 1.82) is 0 Å². The van der Waals surface area contributed by atoms with Crippen LogP contribution in [0.2, 0.25) is 0 Å². The van der Waals surface area contributed by atoms with Gasteiger partial charge >= 0.3 is 0 Å². The highest BCUT2D eigenvalue weighted by Crippen LogP contribution is 2.27. The number of imidazole rings is 1. The molecule has 4 aromatic rings. The van der Waals surface area contributed by atoms with E-state index in [0.717, 1.165) is 72.8 Å². The molecule has 0 radical (unpaired) electrons. The standard InChI is InChI=1S/C29H31N5O3/c1-36-15-14-34-21-31-27-8-4-23(18-28(27)34)26-10-11-30-19-24(26)5-9-29(35)32-25-6-2-22(3-7-25)20-33-12-16-37-17-13-33/h2-11,18-19,21H,12-17,20H2,1H3,(H,32,35)/b9-5+. The van der Waals surface area contributed by atoms with Gasteiger partial charge in [0.15, 0.2) is 0 Å². The zero-order valence-corrected chi connectivity index (χ0v) is 21.0. The molecule has 1 N–H and O–H groups in total. The number of rotatable bonds is 9. The first kappa shape index (κ1) is 24.8. The van der Waals surface area contributed by atoms with E-state index in [1.54, 1.807) is 31.7 Å². The number of amides is 1. The SMILES string of the molecule is COCCn1cnc2ccc(-c3ccncc3/C=C/C(=O)Nc3ccc(CN4CCOCC4)cc3)cc21. The summed E-state index contributed by atoms with van der Waals surface area (Å²) in [5.41, 5.74) is 6.84. The van der Waals surface area contributed by atoms with E-state index in [0.29, 0.717) is 6.61 Å². The van der Waals surface area contributed by atoms with Crippen LogP contribution in [-0.4, -0.2) is 65.4 Å². The summed E-state index contributed by atoms with van der Waals surface area (Å²) >= 11 is 0. The molecule has 0 atom stereocenters. The lowest BCUT2D eigenvalue weighted by atomic mass is 10.0. The van der Waals surface area contributed by atoms with Crippen molar-refractivity contribution < 1.29 is 14.3 Å². The lowest BCUT2D eigenvalue weighted by molar-refractivity contribution is -0.111. The second-order valence-corrected chi connectivity index (χ2v) is 9.01. The molecule has 37 heavy (non-hydrogen) atoms. The first-order chi connectivity index (χ1) is 18.2. The van der Waals surface area contributed by atoms with Gasteiger partial charge in [0.2, 0.25) is 5.91 Å². The number of benzene rings is 2. The van der Waals surface area contributed by atoms with Gasteiger partial charge in [0.25, 0.3) is 0 Å². The number of morpholine rings is 1. The summed E-state index contributed by atoms with van der Waals surface area (Å²) in [6, 6.07) is 16.1. The van der Waals surface area contributed by atoms with Gasteiger partial charge in [-0.3, -0.25) is 14.7 Å². The second kappa shape index (κ2) is 11.9. The number of anilines is 1. The largest absolute Gasteiger partial charge is 0.383 e. The Kier molecular flexibility index (Phi) is 8.00. The maximum absolute atomic E-state index is 12.7. The molecule has 5 rings (SSSR count). The molecule has 2 aromatic heterocycles. The predicted octanol–water partition coefficient (Wildman–Crippen LogP) is 4.23. The van der Waals surface area contributed by atoms with E-state index in [2.05, 4.69) is 43.0 Å². The Morgan fingerprint density at radius 3 is 2.78 bits per heavy atom. The molecule has 1 saturated heterocycles. The van der Waals surface area contributed by atoms with E-state index in [9.17, 15) is 4.79 Å². The minimum absolute atomic E-state index is 0.191. The normalized spacial score (nSPS) is 14.4. The van der Waals surface area contributed by atoms with Crippen molar-refractivity contribution in [2.45, 2.75) is 13.1 Å². The molecular weight excluding hydrogens is 466 g/mol. The van der Waals surface area contributed by atoms with Gasteiger partial charge in [0.05, 0.1) is 37.2 Å². The van der Waals surface area contributed by atoms with Crippen LogP contribution in [0.25, 0.3) is 28.2 Å². The van der Waals surface area contributed by atoms with Gasteiger partial charge in [-0.15, -0.1) is 0 Å². The van der Waals surface area contributed by atoms with Crippen LogP contribution >= 0.6 is 0 Å². The summed E-state index contributed by atoms with van der Waals surface area (Å²) in [4.78, 5) is 23.8. The minimum atomic E-state index is -0.191. The summed E-state index contributed by atoms with van der Waals surface area (Å²) in [6.07, 6.45) is 8.71. The first-order valence-electron chi connectivity index (χ1n) is 12.5. The molecule has 1 aliphatic rings. The number of nitrogens with one attached hydrogen (secondary N) is 1. The Morgan fingerprint density at radius 2 is 1.97 bits per heavy atom. The monoisotopic (exact) mass is 497 g/mol. The minimum Gasteiger partial charge on any atom is -0.383 e. The average molecular weight is 498 g/mol. The molecule has 1 amide bonds. The number of ether oxygens (including phenoxy) is 2. The summed E-state index contributed by atoms with van der Waals surface area (Å²) in [6.45, 7) is 5.70. The van der Waals surface area contributed by atoms with Gasteiger partial charge < -0.3 is 19.4 Å². The third kappa shape index (κ3) is 6.29. The highest BCUT2D eigenvalue weighted by molar-refractivity contribution is 6.02. The van der Waals surface area contributed by atoms with Crippen LogP contribution in [0.4, 0.5) is 5.69 Å². The van der Waals surface area contributed by atoms with E-state index < -0.39 is 0 Å². The van der Waals surface area contributed by atoms with Crippen LogP contribution in [-0.2, 0) is 27.4 Å². The van der Waals surface area contributed by atoms with Crippen molar-refractivity contribution in [3.63, 3.8) is 0 Å². The summed E-state index contributed by atoms with van der Waals surface area (Å²) < 4.78 is 12.7. The smallest absolute Gasteiger partial charge is 0.248 e. The highest BCUT2D eigenvalue weighted by atomic mass is 16.5. The fourth-order valence-corrected chi connectivity index (χ4v) is 4.45. The molecule has 8 nitrogen and oxygen atoms in total. The maximum Gasteiger partial charge on any atom is 0.248 e. The molecule has 0 aliphatic carbocycles. The molecule has 0 bridgehead atoms. The van der Waals surface area contributed by atoms with Crippen LogP contribution in [0.1, 0.15) is 11.1 Å². The lowest BCUT2D eigenvalue weighted by Crippen LogP contribution is -2.35. The van der Waals surface area contributed by atoms with Crippen LogP contribution in [0.5, 0.6) is 0 Å². The van der Waals surface area contributed by atoms with Crippen LogP contribution in [0.3, 0.4) is 0 Å². The van der Waals surface area contributed by atoms with E-state index in [-0.39, 0.29) is 5.91 Å². The number of carbonyl (C=O) groups is 1. The zero-order chi connectivity index (χ0) is 25.5. The number of carbonyl (C=O) groups excluding carboxylic acids is 1. The summed E-state index contributed by atoms with van der Waals surface area (Å²) in [5, 5.41) is 2.95. The van der Waals surface area contributed by atoms with Gasteiger partial charge in [-0.2, -0.15) is 0 Å². The first-order valence-corrected chi connectivity index (χ1v) is 12.5. The van der Waals surface area contributed by atoms with Gasteiger partial charge in [-0.05, 0) is 53.1 Å². The third-order valence-electron chi connectivity index (χ3n) is 6.47. The molecule has 3 heterocycles. The van der Waals surface area contributed by atoms with Gasteiger partial charge in [-0.25, -0.2) is 4.98 Å². The fraction of sp³-hybridized carbons (Fsp3) is 0.276. The molecule has 0 spiro atoms. The molecule has 190 valence electrons. The average Bonchev–Trinajstić information content (AvgIpc) is 3.35. The van der Waals surface area contributed by atoms with Gasteiger partial charge in [-0.1, -0.05) is 18.2 Å². The molecule has 1 fully saturated rings. The third-order valence-corrected chi connectivity index (χ3v) is 6.47. The predicted molar refractivity (Wildman–Crippen MR) is 145 cm³/mol. The van der Waals surface area contributed by atoms with Crippen molar-refractivity contribution in [2.24, 2.45) is 0 Å². The molecule has 1 aliphatic heterocycles. The number of fused-ring (bicyclic) bond motifs is 1. The Balaban J connectivity index is 1.26. The molecule has 8 heteroatoms. The van der Waals surface area contributed by atoms with Crippen molar-refractivity contribution in [3.8, 4) is 11.1 Å². The van der Waals surface area contributed by atoms with E-state index in [1.807, 2.05) is 36.7 Å². The Hall–Kier alpha value is -3.85. The van der Waals surface area contributed by atoms with Crippen molar-refractivity contribution in [2.75, 3.05) is 45.3 Å². The quantitative estimate of drug-likeness (QED) is 0.349. The van der Waals surface area contributed by atoms with Crippen molar-refractivity contribution in [3.05, 3.63) is 84.5 Å². The molecule has 0 unspecified atom stereocenters. The number of pyridine rings is 1. The summed E-state index contributed by atoms with van der Waals surface area (Å²) in [5.74, 6) is -0.191. The molecule has 0 saturated carbocycles. The maximum atomic E-state index is 12.7. The van der Waals surface area contributed by atoms with Crippen LogP contribution in [0, 0.1) is 0 Å². The van der Waals surface area contributed by atoms with Crippen molar-refractivity contribution in [1.82, 2.24) is 19.4 Å². The number of aromatic nitrogens is 3. The fourth-order valence-electron chi connectivity index (χ4n) is 4.45.